The number of likely N-dealkylation sites (N-methyl/N-ethyl adjacent to an activating group) is 1. The molecule has 3 aromatic rings. The Kier molecular flexibility index (Phi) is 11.9. The number of aliphatic carboxylic acids is 1. The van der Waals surface area contributed by atoms with Gasteiger partial charge in [-0.3, -0.25) is 14.4 Å². The Hall–Kier alpha value is -5.30. The number of ketones is 2. The van der Waals surface area contributed by atoms with Crippen molar-refractivity contribution in [1.82, 2.24) is 10.6 Å². The second-order valence-electron chi connectivity index (χ2n) is 15.1. The van der Waals surface area contributed by atoms with Gasteiger partial charge >= 0.3 is 5.97 Å². The van der Waals surface area contributed by atoms with Gasteiger partial charge in [0.15, 0.2) is 30.2 Å². The van der Waals surface area contributed by atoms with Crippen LogP contribution in [0.5, 0.6) is 23.0 Å². The van der Waals surface area contributed by atoms with Crippen LogP contribution < -0.4 is 15.4 Å². The minimum Gasteiger partial charge on any atom is -0.507 e. The van der Waals surface area contributed by atoms with E-state index in [-0.39, 0.29) is 28.0 Å². The second-order valence-corrected chi connectivity index (χ2v) is 15.1. The Labute approximate surface area is 345 Å². The van der Waals surface area contributed by atoms with Crippen LogP contribution in [0, 0.1) is 6.92 Å². The van der Waals surface area contributed by atoms with Crippen LogP contribution in [0.4, 0.5) is 0 Å². The van der Waals surface area contributed by atoms with Crippen molar-refractivity contribution >= 4 is 23.4 Å². The maximum Gasteiger partial charge on any atom is 0.328 e. The van der Waals surface area contributed by atoms with E-state index in [1.807, 2.05) is 0 Å². The molecule has 4 aliphatic rings. The van der Waals surface area contributed by atoms with E-state index in [4.69, 9.17) is 23.7 Å². The predicted octanol–water partition coefficient (Wildman–Crippen LogP) is -1.64. The zero-order valence-electron chi connectivity index (χ0n) is 32.8. The Balaban J connectivity index is 1.37. The third-order valence-electron chi connectivity index (χ3n) is 11.5. The lowest BCUT2D eigenvalue weighted by Crippen LogP contribution is -2.65. The molecule has 0 bridgehead atoms. The number of amides is 1. The number of ether oxygens (including phenoxy) is 5. The highest BCUT2D eigenvalue weighted by atomic mass is 16.7. The fourth-order valence-corrected chi connectivity index (χ4v) is 8.38. The van der Waals surface area contributed by atoms with Gasteiger partial charge in [-0.25, -0.2) is 4.79 Å². The van der Waals surface area contributed by atoms with Crippen molar-refractivity contribution in [3.8, 4) is 34.1 Å². The van der Waals surface area contributed by atoms with Crippen LogP contribution >= 0.6 is 0 Å². The smallest absolute Gasteiger partial charge is 0.328 e. The SMILES string of the molecule is CN[C@@H]1[C@H](O[C@H]2OC[C@@H](O)[C@@H](O)[C@H]2O)[C@@H](O)[C@H](O[C@@H]2c3cc(C)c(C(=O)N[C@H](CO)C(=O)O)c(O)c3-c3c(cc4c(c3O)C(=O)c3cc(OC)cc(O)c3C4=O)[C@H]2O)O[C@H]1C. The van der Waals surface area contributed by atoms with Crippen LogP contribution in [0.2, 0.25) is 0 Å². The Morgan fingerprint density at radius 3 is 2.15 bits per heavy atom. The summed E-state index contributed by atoms with van der Waals surface area (Å²) in [5.41, 5.74) is -3.82. The van der Waals surface area contributed by atoms with Gasteiger partial charge in [-0.2, -0.15) is 0 Å². The maximum atomic E-state index is 14.1. The molecule has 2 aliphatic heterocycles. The number of nitrogens with one attached hydrogen (secondary N) is 2. The summed E-state index contributed by atoms with van der Waals surface area (Å²) in [6.45, 7) is 1.46. The first kappa shape index (κ1) is 43.8. The molecule has 1 amide bonds. The molecule has 21 nitrogen and oxygen atoms in total. The average Bonchev–Trinajstić information content (AvgIpc) is 3.21. The van der Waals surface area contributed by atoms with Crippen LogP contribution in [-0.2, 0) is 23.7 Å². The van der Waals surface area contributed by atoms with Crippen molar-refractivity contribution in [3.63, 3.8) is 0 Å². The summed E-state index contributed by atoms with van der Waals surface area (Å²) in [5, 5.41) is 114. The molecule has 12 atom stereocenters. The number of aliphatic hydroxyl groups is 6. The monoisotopic (exact) mass is 856 g/mol. The van der Waals surface area contributed by atoms with E-state index in [2.05, 4.69) is 10.6 Å². The number of carboxylic acids is 1. The van der Waals surface area contributed by atoms with Gasteiger partial charge in [-0.1, -0.05) is 6.07 Å². The van der Waals surface area contributed by atoms with Gasteiger partial charge in [0.1, 0.15) is 65.7 Å². The molecule has 2 saturated heterocycles. The molecule has 2 fully saturated rings. The summed E-state index contributed by atoms with van der Waals surface area (Å²) < 4.78 is 28.9. The summed E-state index contributed by atoms with van der Waals surface area (Å²) in [6.07, 6.45) is -15.7. The van der Waals surface area contributed by atoms with Crippen LogP contribution in [0.15, 0.2) is 24.3 Å². The molecule has 61 heavy (non-hydrogen) atoms. The van der Waals surface area contributed by atoms with E-state index in [1.54, 1.807) is 6.92 Å². The Morgan fingerprint density at radius 2 is 1.51 bits per heavy atom. The molecule has 21 heteroatoms. The summed E-state index contributed by atoms with van der Waals surface area (Å²) in [4.78, 5) is 53.4. The average molecular weight is 857 g/mol. The van der Waals surface area contributed by atoms with Gasteiger partial charge in [0, 0.05) is 28.3 Å². The number of aryl methyl sites for hydroxylation is 1. The number of hydrogen-bond acceptors (Lipinski definition) is 19. The van der Waals surface area contributed by atoms with Crippen molar-refractivity contribution in [2.75, 3.05) is 27.4 Å². The number of methoxy groups -OCH3 is 1. The third-order valence-corrected chi connectivity index (χ3v) is 11.5. The molecule has 0 aromatic heterocycles. The van der Waals surface area contributed by atoms with Crippen LogP contribution in [0.3, 0.4) is 0 Å². The van der Waals surface area contributed by atoms with Gasteiger partial charge in [0.2, 0.25) is 0 Å². The zero-order chi connectivity index (χ0) is 44.5. The molecule has 0 radical (unpaired) electrons. The number of phenolic OH excluding ortho intramolecular Hbond substituents is 3. The number of rotatable bonds is 10. The quantitative estimate of drug-likeness (QED) is 0.0851. The molecule has 3 aromatic carbocycles. The van der Waals surface area contributed by atoms with Gasteiger partial charge in [-0.05, 0) is 49.7 Å². The number of aromatic hydroxyl groups is 3. The Morgan fingerprint density at radius 1 is 0.852 bits per heavy atom. The van der Waals surface area contributed by atoms with E-state index < -0.39 is 161 Å². The molecule has 12 N–H and O–H groups in total. The van der Waals surface area contributed by atoms with Crippen molar-refractivity contribution in [1.29, 1.82) is 0 Å². The summed E-state index contributed by atoms with van der Waals surface area (Å²) in [6, 6.07) is 1.91. The van der Waals surface area contributed by atoms with Gasteiger partial charge in [0.25, 0.3) is 5.91 Å². The molecule has 2 aliphatic carbocycles. The number of fused-ring (bicyclic) bond motifs is 5. The maximum absolute atomic E-state index is 14.1. The lowest BCUT2D eigenvalue weighted by molar-refractivity contribution is -0.339. The highest BCUT2D eigenvalue weighted by molar-refractivity contribution is 6.31. The third kappa shape index (κ3) is 7.16. The van der Waals surface area contributed by atoms with Crippen LogP contribution in [0.1, 0.15) is 78.0 Å². The summed E-state index contributed by atoms with van der Waals surface area (Å²) in [7, 11) is 2.78. The molecule has 0 spiro atoms. The largest absolute Gasteiger partial charge is 0.507 e. The molecule has 2 heterocycles. The summed E-state index contributed by atoms with van der Waals surface area (Å²) in [5.74, 6) is -7.18. The highest BCUT2D eigenvalue weighted by Crippen LogP contribution is 2.57. The van der Waals surface area contributed by atoms with E-state index >= 15 is 0 Å². The van der Waals surface area contributed by atoms with E-state index in [1.165, 1.54) is 33.2 Å². The van der Waals surface area contributed by atoms with Crippen LogP contribution in [0.25, 0.3) is 11.1 Å². The first-order valence-corrected chi connectivity index (χ1v) is 18.9. The molecule has 7 rings (SSSR count). The standard InChI is InChI=1S/C40H44N2O19/c1-11-5-17-24(31(50)21(11)37(54)42-18(9-43)38(55)56)23-15(8-16-25(32(23)51)28(47)14-6-13(57-4)7-19(44)22(14)27(16)46)29(48)35(17)60-40-34(53)36(26(41-3)12(2)59-40)61-39-33(52)30(49)20(45)10-58-39/h5-8,12,18,20,26,29-30,33-36,39-41,43-45,48-53H,9-10H2,1-4H3,(H,42,54)(H,55,56)/t12-,18+,20+,26-,29+,30+,33+,34+,35+,36-,39+,40-/m0/s1. The molecule has 328 valence electrons. The number of hydrogen-bond donors (Lipinski definition) is 12. The van der Waals surface area contributed by atoms with Gasteiger partial charge in [0.05, 0.1) is 49.2 Å². The molecule has 0 unspecified atom stereocenters. The zero-order valence-corrected chi connectivity index (χ0v) is 32.8. The van der Waals surface area contributed by atoms with E-state index in [9.17, 15) is 70.2 Å². The van der Waals surface area contributed by atoms with E-state index in [0.29, 0.717) is 0 Å². The first-order chi connectivity index (χ1) is 28.9. The number of phenols is 3. The van der Waals surface area contributed by atoms with Crippen LogP contribution in [-0.4, -0.2) is 163 Å². The van der Waals surface area contributed by atoms with Gasteiger partial charge in [-0.15, -0.1) is 0 Å². The minimum atomic E-state index is -1.93. The number of benzene rings is 3. The first-order valence-electron chi connectivity index (χ1n) is 18.9. The molecule has 0 saturated carbocycles. The second kappa shape index (κ2) is 16.5. The van der Waals surface area contributed by atoms with E-state index in [0.717, 1.165) is 12.1 Å². The summed E-state index contributed by atoms with van der Waals surface area (Å²) >= 11 is 0. The van der Waals surface area contributed by atoms with Crippen molar-refractivity contribution < 1.29 is 93.9 Å². The van der Waals surface area contributed by atoms with Crippen molar-refractivity contribution in [2.45, 2.75) is 87.3 Å². The molecular formula is C40H44N2O19. The predicted molar refractivity (Wildman–Crippen MR) is 202 cm³/mol. The molecular weight excluding hydrogens is 812 g/mol. The number of carbonyl (C=O) groups is 4. The lowest BCUT2D eigenvalue weighted by atomic mass is 9.74. The number of aliphatic hydroxyl groups excluding tert-OH is 6. The normalized spacial score (nSPS) is 29.8. The number of carbonyl (C=O) groups excluding carboxylic acids is 3. The lowest BCUT2D eigenvalue weighted by Gasteiger charge is -2.47. The van der Waals surface area contributed by atoms with Crippen molar-refractivity contribution in [2.24, 2.45) is 0 Å². The fraction of sp³-hybridized carbons (Fsp3) is 0.450. The minimum absolute atomic E-state index is 0.000623. The highest BCUT2D eigenvalue weighted by Gasteiger charge is 2.51. The van der Waals surface area contributed by atoms with Crippen molar-refractivity contribution in [3.05, 3.63) is 68.8 Å². The number of carboxylic acid groups (broad SMARTS) is 1. The van der Waals surface area contributed by atoms with Gasteiger partial charge < -0.3 is 85.4 Å². The fourth-order valence-electron chi connectivity index (χ4n) is 8.38. The topological polar surface area (TPSA) is 341 Å². The Bertz CT molecular complexity index is 2300.